The van der Waals surface area contributed by atoms with Gasteiger partial charge in [0, 0.05) is 18.4 Å². The van der Waals surface area contributed by atoms with Crippen molar-refractivity contribution in [1.29, 1.82) is 0 Å². The maximum absolute atomic E-state index is 12.5. The van der Waals surface area contributed by atoms with E-state index in [1.54, 1.807) is 11.6 Å². The highest BCUT2D eigenvalue weighted by molar-refractivity contribution is 7.99. The molecule has 168 valence electrons. The van der Waals surface area contributed by atoms with E-state index in [0.717, 1.165) is 22.5 Å². The van der Waals surface area contributed by atoms with E-state index in [4.69, 9.17) is 0 Å². The summed E-state index contributed by atoms with van der Waals surface area (Å²) in [4.78, 5) is 24.9. The van der Waals surface area contributed by atoms with Crippen molar-refractivity contribution in [2.45, 2.75) is 45.2 Å². The van der Waals surface area contributed by atoms with Gasteiger partial charge in [0.1, 0.15) is 5.82 Å². The summed E-state index contributed by atoms with van der Waals surface area (Å²) in [6.07, 6.45) is 0.102. The number of thioether (sulfide) groups is 1. The fourth-order valence-corrected chi connectivity index (χ4v) is 3.95. The normalized spacial score (nSPS) is 10.9. The van der Waals surface area contributed by atoms with Crippen molar-refractivity contribution in [2.75, 3.05) is 16.4 Å². The molecule has 32 heavy (non-hydrogen) atoms. The number of hydrogen-bond acceptors (Lipinski definition) is 5. The van der Waals surface area contributed by atoms with Gasteiger partial charge in [-0.1, -0.05) is 49.9 Å². The number of anilines is 2. The summed E-state index contributed by atoms with van der Waals surface area (Å²) in [5.41, 5.74) is 4.98. The third kappa shape index (κ3) is 5.97. The molecule has 8 heteroatoms. The van der Waals surface area contributed by atoms with Gasteiger partial charge >= 0.3 is 0 Å². The molecule has 0 saturated carbocycles. The third-order valence-corrected chi connectivity index (χ3v) is 6.24. The van der Waals surface area contributed by atoms with Crippen molar-refractivity contribution in [3.8, 4) is 0 Å². The smallest absolute Gasteiger partial charge is 0.234 e. The van der Waals surface area contributed by atoms with Gasteiger partial charge in [-0.2, -0.15) is 0 Å². The first-order chi connectivity index (χ1) is 15.2. The number of nitrogens with one attached hydrogen (secondary N) is 2. The van der Waals surface area contributed by atoms with E-state index in [9.17, 15) is 9.59 Å². The van der Waals surface area contributed by atoms with Crippen molar-refractivity contribution in [3.63, 3.8) is 0 Å². The van der Waals surface area contributed by atoms with Gasteiger partial charge in [0.25, 0.3) is 0 Å². The van der Waals surface area contributed by atoms with Crippen LogP contribution in [0.5, 0.6) is 0 Å². The van der Waals surface area contributed by atoms with E-state index in [1.165, 1.54) is 17.3 Å². The Balaban J connectivity index is 1.56. The number of para-hydroxylation sites is 1. The monoisotopic (exact) mass is 451 g/mol. The molecule has 0 unspecified atom stereocenters. The van der Waals surface area contributed by atoms with Gasteiger partial charge in [0.2, 0.25) is 11.8 Å². The Morgan fingerprint density at radius 2 is 1.75 bits per heavy atom. The Labute approximate surface area is 193 Å². The summed E-state index contributed by atoms with van der Waals surface area (Å²) in [6, 6.07) is 13.6. The van der Waals surface area contributed by atoms with Crippen LogP contribution in [0.15, 0.2) is 47.6 Å². The van der Waals surface area contributed by atoms with Crippen molar-refractivity contribution < 1.29 is 9.59 Å². The highest BCUT2D eigenvalue weighted by Crippen LogP contribution is 2.24. The second-order valence-corrected chi connectivity index (χ2v) is 9.00. The molecule has 3 aromatic rings. The molecule has 2 amide bonds. The maximum atomic E-state index is 12.5. The molecule has 0 aliphatic heterocycles. The topological polar surface area (TPSA) is 88.9 Å². The van der Waals surface area contributed by atoms with Gasteiger partial charge in [-0.3, -0.25) is 9.59 Å². The fourth-order valence-electron chi connectivity index (χ4n) is 3.22. The molecule has 7 nitrogen and oxygen atoms in total. The minimum Gasteiger partial charge on any atom is -0.326 e. The van der Waals surface area contributed by atoms with Gasteiger partial charge < -0.3 is 15.2 Å². The number of hydrogen-bond donors (Lipinski definition) is 2. The zero-order chi connectivity index (χ0) is 23.3. The Bertz CT molecular complexity index is 1120. The van der Waals surface area contributed by atoms with Crippen molar-refractivity contribution >= 4 is 35.0 Å². The summed E-state index contributed by atoms with van der Waals surface area (Å²) < 4.78 is 1.75. The van der Waals surface area contributed by atoms with Gasteiger partial charge in [-0.15, -0.1) is 10.2 Å². The molecule has 0 saturated heterocycles. The number of aryl methyl sites for hydroxylation is 2. The van der Waals surface area contributed by atoms with Crippen LogP contribution in [0.4, 0.5) is 11.4 Å². The lowest BCUT2D eigenvalue weighted by Gasteiger charge is -2.13. The quantitative estimate of drug-likeness (QED) is 0.494. The van der Waals surface area contributed by atoms with Crippen LogP contribution in [0.25, 0.3) is 0 Å². The number of nitrogens with zero attached hydrogens (tertiary/aromatic N) is 3. The van der Waals surface area contributed by atoms with Crippen LogP contribution in [0, 0.1) is 13.8 Å². The Morgan fingerprint density at radius 3 is 2.47 bits per heavy atom. The van der Waals surface area contributed by atoms with Gasteiger partial charge in [-0.05, 0) is 54.7 Å². The first-order valence-corrected chi connectivity index (χ1v) is 11.5. The number of amides is 2. The van der Waals surface area contributed by atoms with E-state index in [2.05, 4.69) is 34.7 Å². The molecule has 0 spiro atoms. The van der Waals surface area contributed by atoms with Crippen molar-refractivity contribution in [2.24, 2.45) is 7.05 Å². The second-order valence-electron chi connectivity index (χ2n) is 8.06. The van der Waals surface area contributed by atoms with E-state index < -0.39 is 0 Å². The number of carbonyl (C=O) groups is 2. The lowest BCUT2D eigenvalue weighted by molar-refractivity contribution is -0.116. The van der Waals surface area contributed by atoms with Crippen LogP contribution in [0.3, 0.4) is 0 Å². The Kier molecular flexibility index (Phi) is 7.69. The first kappa shape index (κ1) is 23.5. The van der Waals surface area contributed by atoms with Crippen LogP contribution < -0.4 is 10.6 Å². The second kappa shape index (κ2) is 10.5. The summed E-state index contributed by atoms with van der Waals surface area (Å²) in [5, 5.41) is 14.7. The molecule has 0 aliphatic rings. The predicted octanol–water partition coefficient (Wildman–Crippen LogP) is 4.47. The first-order valence-electron chi connectivity index (χ1n) is 10.5. The molecule has 2 N–H and O–H groups in total. The molecule has 1 aromatic heterocycles. The summed E-state index contributed by atoms with van der Waals surface area (Å²) in [6.45, 7) is 8.23. The average Bonchev–Trinajstić information content (AvgIpc) is 3.08. The number of aromatic nitrogens is 3. The van der Waals surface area contributed by atoms with Crippen molar-refractivity contribution in [3.05, 3.63) is 65.0 Å². The van der Waals surface area contributed by atoms with Gasteiger partial charge in [0.05, 0.1) is 12.2 Å². The van der Waals surface area contributed by atoms with Crippen LogP contribution in [0.1, 0.15) is 42.3 Å². The standard InChI is InChI=1S/C24H29N5O2S/c1-15(2)19-8-6-7-9-20(19)26-23(31)14-32-24-28-27-21(29(24)5)13-22(30)25-18-11-10-16(3)17(4)12-18/h6-12,15H,13-14H2,1-5H3,(H,25,30)(H,26,31). The zero-order valence-corrected chi connectivity index (χ0v) is 19.9. The number of benzene rings is 2. The van der Waals surface area contributed by atoms with Gasteiger partial charge in [-0.25, -0.2) is 0 Å². The lowest BCUT2D eigenvalue weighted by Crippen LogP contribution is -2.17. The molecule has 1 heterocycles. The Hall–Kier alpha value is -3.13. The predicted molar refractivity (Wildman–Crippen MR) is 129 cm³/mol. The number of rotatable bonds is 8. The third-order valence-electron chi connectivity index (χ3n) is 5.22. The van der Waals surface area contributed by atoms with Gasteiger partial charge in [0.15, 0.2) is 5.16 Å². The fraction of sp³-hybridized carbons (Fsp3) is 0.333. The molecule has 0 aliphatic carbocycles. The molecule has 0 fully saturated rings. The molecule has 2 aromatic carbocycles. The molecule has 0 bridgehead atoms. The minimum atomic E-state index is -0.164. The molecule has 3 rings (SSSR count). The van der Waals surface area contributed by atoms with Crippen molar-refractivity contribution in [1.82, 2.24) is 14.8 Å². The van der Waals surface area contributed by atoms with Crippen LogP contribution in [-0.4, -0.2) is 32.3 Å². The summed E-state index contributed by atoms with van der Waals surface area (Å²) in [7, 11) is 1.80. The van der Waals surface area contributed by atoms with Crippen LogP contribution in [-0.2, 0) is 23.1 Å². The van der Waals surface area contributed by atoms with Crippen LogP contribution in [0.2, 0.25) is 0 Å². The van der Waals surface area contributed by atoms with E-state index in [0.29, 0.717) is 16.9 Å². The van der Waals surface area contributed by atoms with E-state index in [1.807, 2.05) is 56.3 Å². The molecular formula is C24H29N5O2S. The molecular weight excluding hydrogens is 422 g/mol. The lowest BCUT2D eigenvalue weighted by atomic mass is 10.0. The molecule has 0 radical (unpaired) electrons. The highest BCUT2D eigenvalue weighted by atomic mass is 32.2. The zero-order valence-electron chi connectivity index (χ0n) is 19.1. The highest BCUT2D eigenvalue weighted by Gasteiger charge is 2.15. The maximum Gasteiger partial charge on any atom is 0.234 e. The Morgan fingerprint density at radius 1 is 1.00 bits per heavy atom. The SMILES string of the molecule is Cc1ccc(NC(=O)Cc2nnc(SCC(=O)Nc3ccccc3C(C)C)n2C)cc1C. The van der Waals surface area contributed by atoms with Crippen LogP contribution >= 0.6 is 11.8 Å². The minimum absolute atomic E-state index is 0.102. The average molecular weight is 452 g/mol. The summed E-state index contributed by atoms with van der Waals surface area (Å²) >= 11 is 1.29. The van der Waals surface area contributed by atoms with E-state index >= 15 is 0 Å². The molecule has 0 atom stereocenters. The number of carbonyl (C=O) groups excluding carboxylic acids is 2. The van der Waals surface area contributed by atoms with E-state index in [-0.39, 0.29) is 24.0 Å². The largest absolute Gasteiger partial charge is 0.326 e. The summed E-state index contributed by atoms with van der Waals surface area (Å²) in [5.74, 6) is 0.783.